The fourth-order valence-corrected chi connectivity index (χ4v) is 3.19. The molecular weight excluding hydrogens is 534 g/mol. The van der Waals surface area contributed by atoms with Gasteiger partial charge in [0.15, 0.2) is 22.4 Å². The lowest BCUT2D eigenvalue weighted by Crippen LogP contribution is -2.41. The van der Waals surface area contributed by atoms with Gasteiger partial charge in [0, 0.05) is 18.7 Å². The maximum atomic E-state index is 12.5. The van der Waals surface area contributed by atoms with E-state index in [2.05, 4.69) is 15.6 Å². The van der Waals surface area contributed by atoms with Crippen LogP contribution in [0.2, 0.25) is 0 Å². The fraction of sp³-hybridized carbons (Fsp3) is 0.632. The molecule has 0 aliphatic carbocycles. The average molecular weight is 565 g/mol. The average Bonchev–Trinajstić information content (AvgIpc) is 2.57. The first-order valence-electron chi connectivity index (χ1n) is 9.29. The van der Waals surface area contributed by atoms with E-state index in [0.29, 0.717) is 18.1 Å². The van der Waals surface area contributed by atoms with Crippen LogP contribution in [0.3, 0.4) is 0 Å². The molecule has 1 aromatic carbocycles. The Morgan fingerprint density at radius 1 is 1.17 bits per heavy atom. The number of ether oxygens (including phenoxy) is 1. The van der Waals surface area contributed by atoms with Crippen molar-refractivity contribution < 1.29 is 26.3 Å². The first-order chi connectivity index (χ1) is 13.2. The molecule has 0 saturated heterocycles. The molecule has 1 aromatic rings. The number of guanidine groups is 1. The zero-order chi connectivity index (χ0) is 22.3. The molecule has 0 spiro atoms. The number of hydrogen-bond donors (Lipinski definition) is 2. The van der Waals surface area contributed by atoms with Crippen LogP contribution in [0.4, 0.5) is 13.2 Å². The number of aliphatic imine (C=N–C) groups is 1. The topological polar surface area (TPSA) is 79.8 Å². The number of aryl methyl sites for hydroxylation is 1. The number of benzene rings is 1. The van der Waals surface area contributed by atoms with Crippen LogP contribution in [0, 0.1) is 6.92 Å². The molecule has 0 fully saturated rings. The summed E-state index contributed by atoms with van der Waals surface area (Å²) in [6, 6.07) is 4.96. The molecule has 30 heavy (non-hydrogen) atoms. The minimum atomic E-state index is -4.43. The lowest BCUT2D eigenvalue weighted by molar-refractivity contribution is -0.153. The number of sulfone groups is 1. The Balaban J connectivity index is 0.00000841. The second-order valence-corrected chi connectivity index (χ2v) is 10.4. The zero-order valence-electron chi connectivity index (χ0n) is 17.9. The van der Waals surface area contributed by atoms with Crippen molar-refractivity contribution in [2.24, 2.45) is 4.99 Å². The molecular formula is C19H31F3IN3O3S. The minimum absolute atomic E-state index is 0. The van der Waals surface area contributed by atoms with E-state index in [1.54, 1.807) is 39.8 Å². The third-order valence-corrected chi connectivity index (χ3v) is 6.57. The summed E-state index contributed by atoms with van der Waals surface area (Å²) in [5.74, 6) is 0.432. The molecule has 1 rings (SSSR count). The molecule has 2 N–H and O–H groups in total. The second-order valence-electron chi connectivity index (χ2n) is 7.57. The van der Waals surface area contributed by atoms with Gasteiger partial charge >= 0.3 is 6.18 Å². The second kappa shape index (κ2) is 12.0. The summed E-state index contributed by atoms with van der Waals surface area (Å²) in [6.45, 7) is 7.94. The van der Waals surface area contributed by atoms with Crippen LogP contribution in [0.1, 0.15) is 38.8 Å². The van der Waals surface area contributed by atoms with E-state index >= 15 is 0 Å². The fourth-order valence-electron chi connectivity index (χ4n) is 2.20. The Labute approximate surface area is 194 Å². The number of halogens is 4. The first-order valence-corrected chi connectivity index (χ1v) is 10.9. The molecule has 0 heterocycles. The molecule has 0 radical (unpaired) electrons. The van der Waals surface area contributed by atoms with Crippen molar-refractivity contribution in [3.63, 3.8) is 0 Å². The van der Waals surface area contributed by atoms with Gasteiger partial charge in [-0.25, -0.2) is 13.4 Å². The quantitative estimate of drug-likeness (QED) is 0.285. The zero-order valence-corrected chi connectivity index (χ0v) is 21.0. The highest BCUT2D eigenvalue weighted by Crippen LogP contribution is 2.24. The molecule has 0 bridgehead atoms. The van der Waals surface area contributed by atoms with E-state index in [-0.39, 0.29) is 48.6 Å². The van der Waals surface area contributed by atoms with Gasteiger partial charge in [-0.1, -0.05) is 12.1 Å². The Morgan fingerprint density at radius 3 is 2.33 bits per heavy atom. The number of nitrogens with one attached hydrogen (secondary N) is 2. The lowest BCUT2D eigenvalue weighted by atomic mass is 10.1. The van der Waals surface area contributed by atoms with Crippen molar-refractivity contribution in [1.82, 2.24) is 10.6 Å². The number of alkyl halides is 3. The largest absolute Gasteiger partial charge is 0.484 e. The van der Waals surface area contributed by atoms with Gasteiger partial charge in [-0.15, -0.1) is 24.0 Å². The minimum Gasteiger partial charge on any atom is -0.484 e. The van der Waals surface area contributed by atoms with Crippen LogP contribution in [0.5, 0.6) is 5.75 Å². The molecule has 6 nitrogen and oxygen atoms in total. The van der Waals surface area contributed by atoms with Gasteiger partial charge in [0.1, 0.15) is 5.75 Å². The third kappa shape index (κ3) is 10.2. The molecule has 0 aliphatic heterocycles. The SMILES string of the molecule is CCNC(=NCc1ccc(C)cc1OCC(F)(F)F)NCCS(=O)(=O)C(C)(C)C.I. The normalized spacial score (nSPS) is 12.9. The summed E-state index contributed by atoms with van der Waals surface area (Å²) >= 11 is 0. The van der Waals surface area contributed by atoms with Crippen molar-refractivity contribution in [3.8, 4) is 5.75 Å². The van der Waals surface area contributed by atoms with E-state index in [4.69, 9.17) is 4.74 Å². The molecule has 0 aliphatic rings. The predicted octanol–water partition coefficient (Wildman–Crippen LogP) is 3.82. The van der Waals surface area contributed by atoms with E-state index in [9.17, 15) is 21.6 Å². The monoisotopic (exact) mass is 565 g/mol. The van der Waals surface area contributed by atoms with Gasteiger partial charge in [-0.05, 0) is 46.2 Å². The predicted molar refractivity (Wildman–Crippen MR) is 125 cm³/mol. The van der Waals surface area contributed by atoms with Crippen molar-refractivity contribution in [2.75, 3.05) is 25.4 Å². The Bertz CT molecular complexity index is 807. The molecule has 174 valence electrons. The van der Waals surface area contributed by atoms with Crippen LogP contribution >= 0.6 is 24.0 Å². The van der Waals surface area contributed by atoms with Crippen LogP contribution in [-0.2, 0) is 16.4 Å². The summed E-state index contributed by atoms with van der Waals surface area (Å²) in [4.78, 5) is 4.34. The van der Waals surface area contributed by atoms with Gasteiger partial charge in [-0.3, -0.25) is 0 Å². The Hall–Kier alpha value is -1.24. The highest BCUT2D eigenvalue weighted by Gasteiger charge is 2.29. The highest BCUT2D eigenvalue weighted by molar-refractivity contribution is 14.0. The van der Waals surface area contributed by atoms with Gasteiger partial charge in [0.25, 0.3) is 0 Å². The van der Waals surface area contributed by atoms with E-state index < -0.39 is 27.4 Å². The van der Waals surface area contributed by atoms with E-state index in [1.165, 1.54) is 6.07 Å². The summed E-state index contributed by atoms with van der Waals surface area (Å²) in [5, 5.41) is 5.93. The van der Waals surface area contributed by atoms with E-state index in [0.717, 1.165) is 5.56 Å². The van der Waals surface area contributed by atoms with Crippen molar-refractivity contribution in [3.05, 3.63) is 29.3 Å². The third-order valence-electron chi connectivity index (χ3n) is 3.96. The molecule has 0 unspecified atom stereocenters. The summed E-state index contributed by atoms with van der Waals surface area (Å²) in [7, 11) is -3.28. The van der Waals surface area contributed by atoms with Gasteiger partial charge in [-0.2, -0.15) is 13.2 Å². The van der Waals surface area contributed by atoms with Gasteiger partial charge < -0.3 is 15.4 Å². The number of hydrogen-bond acceptors (Lipinski definition) is 4. The van der Waals surface area contributed by atoms with Crippen molar-refractivity contribution in [1.29, 1.82) is 0 Å². The molecule has 0 saturated carbocycles. The van der Waals surface area contributed by atoms with Crippen molar-refractivity contribution >= 4 is 39.8 Å². The van der Waals surface area contributed by atoms with E-state index in [1.807, 2.05) is 6.92 Å². The van der Waals surface area contributed by atoms with Crippen molar-refractivity contribution in [2.45, 2.75) is 52.1 Å². The molecule has 0 amide bonds. The summed E-state index contributed by atoms with van der Waals surface area (Å²) < 4.78 is 65.9. The van der Waals surface area contributed by atoms with Gasteiger partial charge in [0.2, 0.25) is 0 Å². The standard InChI is InChI=1S/C19H30F3N3O3S.HI/c1-6-23-17(24-9-10-29(26,27)18(3,4)5)25-12-15-8-7-14(2)11-16(15)28-13-19(20,21)22;/h7-8,11H,6,9-10,12-13H2,1-5H3,(H2,23,24,25);1H. The Morgan fingerprint density at radius 2 is 1.80 bits per heavy atom. The van der Waals surface area contributed by atoms with Crippen LogP contribution in [0.15, 0.2) is 23.2 Å². The number of rotatable bonds is 8. The Kier molecular flexibility index (Phi) is 11.5. The number of nitrogens with zero attached hydrogens (tertiary/aromatic N) is 1. The molecule has 0 aromatic heterocycles. The molecule has 0 atom stereocenters. The smallest absolute Gasteiger partial charge is 0.422 e. The molecule has 11 heteroatoms. The first kappa shape index (κ1) is 28.8. The van der Waals surface area contributed by atoms with Crippen LogP contribution < -0.4 is 15.4 Å². The summed E-state index contributed by atoms with van der Waals surface area (Å²) in [5.41, 5.74) is 1.27. The lowest BCUT2D eigenvalue weighted by Gasteiger charge is -2.20. The van der Waals surface area contributed by atoms with Crippen LogP contribution in [0.25, 0.3) is 0 Å². The maximum absolute atomic E-state index is 12.5. The maximum Gasteiger partial charge on any atom is 0.422 e. The summed E-state index contributed by atoms with van der Waals surface area (Å²) in [6.07, 6.45) is -4.43. The van der Waals surface area contributed by atoms with Crippen LogP contribution in [-0.4, -0.2) is 50.7 Å². The highest BCUT2D eigenvalue weighted by atomic mass is 127. The van der Waals surface area contributed by atoms with Gasteiger partial charge in [0.05, 0.1) is 17.0 Å².